The van der Waals surface area contributed by atoms with E-state index in [1.807, 2.05) is 63.2 Å². The van der Waals surface area contributed by atoms with E-state index in [0.29, 0.717) is 25.1 Å². The Morgan fingerprint density at radius 2 is 1.83 bits per heavy atom. The molecular formula is C28H28ClF2NO3. The number of hydrogen-bond acceptors (Lipinski definition) is 3. The molecule has 0 N–H and O–H groups in total. The second-order valence-corrected chi connectivity index (χ2v) is 10.0. The molecule has 184 valence electrons. The normalized spacial score (nSPS) is 15.5. The molecule has 4 rings (SSSR count). The summed E-state index contributed by atoms with van der Waals surface area (Å²) in [6.45, 7) is 5.76. The Kier molecular flexibility index (Phi) is 7.31. The molecule has 1 heterocycles. The van der Waals surface area contributed by atoms with Gasteiger partial charge in [-0.2, -0.15) is 0 Å². The molecule has 0 saturated heterocycles. The third-order valence-corrected chi connectivity index (χ3v) is 6.19. The first-order valence-electron chi connectivity index (χ1n) is 11.5. The van der Waals surface area contributed by atoms with Crippen LogP contribution in [0.3, 0.4) is 0 Å². The minimum atomic E-state index is -0.819. The van der Waals surface area contributed by atoms with Crippen LogP contribution in [-0.2, 0) is 24.2 Å². The first-order chi connectivity index (χ1) is 16.6. The second kappa shape index (κ2) is 10.2. The second-order valence-electron chi connectivity index (χ2n) is 9.60. The zero-order valence-electron chi connectivity index (χ0n) is 20.0. The molecule has 4 nitrogen and oxygen atoms in total. The van der Waals surface area contributed by atoms with Crippen LogP contribution in [0, 0.1) is 11.6 Å². The highest BCUT2D eigenvalue weighted by molar-refractivity contribution is 6.30. The highest BCUT2D eigenvalue weighted by Gasteiger charge is 2.34. The van der Waals surface area contributed by atoms with E-state index in [4.69, 9.17) is 21.1 Å². The molecule has 1 unspecified atom stereocenters. The molecule has 0 bridgehead atoms. The molecule has 3 aromatic carbocycles. The van der Waals surface area contributed by atoms with E-state index in [0.717, 1.165) is 22.8 Å². The van der Waals surface area contributed by atoms with E-state index in [2.05, 4.69) is 0 Å². The lowest BCUT2D eigenvalue weighted by Gasteiger charge is -2.38. The molecular weight excluding hydrogens is 472 g/mol. The molecule has 35 heavy (non-hydrogen) atoms. The Morgan fingerprint density at radius 3 is 2.54 bits per heavy atom. The molecule has 1 aliphatic rings. The summed E-state index contributed by atoms with van der Waals surface area (Å²) in [6.07, 6.45) is 0.889. The summed E-state index contributed by atoms with van der Waals surface area (Å²) in [7, 11) is 0. The number of ether oxygens (including phenoxy) is 2. The summed E-state index contributed by atoms with van der Waals surface area (Å²) in [5, 5.41) is -0.151. The predicted octanol–water partition coefficient (Wildman–Crippen LogP) is 7.27. The fraction of sp³-hybridized carbons (Fsp3) is 0.321. The van der Waals surface area contributed by atoms with E-state index < -0.39 is 17.2 Å². The molecule has 0 aliphatic carbocycles. The minimum absolute atomic E-state index is 0.151. The van der Waals surface area contributed by atoms with Crippen molar-refractivity contribution in [1.82, 2.24) is 4.90 Å². The molecule has 0 fully saturated rings. The van der Waals surface area contributed by atoms with Crippen LogP contribution in [0.2, 0.25) is 5.02 Å². The average molecular weight is 500 g/mol. The van der Waals surface area contributed by atoms with Gasteiger partial charge < -0.3 is 14.4 Å². The Balaban J connectivity index is 1.59. The smallest absolute Gasteiger partial charge is 0.410 e. The van der Waals surface area contributed by atoms with Crippen molar-refractivity contribution in [2.24, 2.45) is 0 Å². The van der Waals surface area contributed by atoms with Crippen molar-refractivity contribution in [3.05, 3.63) is 99.6 Å². The van der Waals surface area contributed by atoms with Crippen molar-refractivity contribution in [1.29, 1.82) is 0 Å². The molecule has 0 radical (unpaired) electrons. The van der Waals surface area contributed by atoms with Crippen molar-refractivity contribution in [3.63, 3.8) is 0 Å². The molecule has 7 heteroatoms. The average Bonchev–Trinajstić information content (AvgIpc) is 2.81. The highest BCUT2D eigenvalue weighted by Crippen LogP contribution is 2.36. The lowest BCUT2D eigenvalue weighted by molar-refractivity contribution is 0.0141. The summed E-state index contributed by atoms with van der Waals surface area (Å²) < 4.78 is 39.7. The summed E-state index contributed by atoms with van der Waals surface area (Å²) in [5.74, 6) is -1.03. The maximum atomic E-state index is 14.2. The maximum absolute atomic E-state index is 14.2. The van der Waals surface area contributed by atoms with E-state index in [1.165, 1.54) is 6.07 Å². The van der Waals surface area contributed by atoms with E-state index in [1.54, 1.807) is 11.0 Å². The van der Waals surface area contributed by atoms with Gasteiger partial charge in [-0.3, -0.25) is 0 Å². The standard InChI is InChI=1S/C28H28ClF2NO3/c1-28(2,3)35-27(33)32-14-13-19-16-20(34-17-22-24(30)12-11-23(29)26(22)31)9-10-21(19)25(32)15-18-7-5-4-6-8-18/h4-12,16,25H,13-15,17H2,1-3H3. The molecule has 0 spiro atoms. The van der Waals surface area contributed by atoms with Crippen LogP contribution in [0.1, 0.15) is 49.1 Å². The van der Waals surface area contributed by atoms with Crippen LogP contribution in [0.25, 0.3) is 0 Å². The lowest BCUT2D eigenvalue weighted by atomic mass is 9.88. The molecule has 0 saturated carbocycles. The van der Waals surface area contributed by atoms with E-state index in [9.17, 15) is 13.6 Å². The van der Waals surface area contributed by atoms with Gasteiger partial charge in [0.05, 0.1) is 16.6 Å². The first kappa shape index (κ1) is 25.0. The Labute approximate surface area is 209 Å². The minimum Gasteiger partial charge on any atom is -0.489 e. The number of amides is 1. The van der Waals surface area contributed by atoms with Crippen molar-refractivity contribution >= 4 is 17.7 Å². The van der Waals surface area contributed by atoms with Gasteiger partial charge in [-0.15, -0.1) is 0 Å². The SMILES string of the molecule is CC(C)(C)OC(=O)N1CCc2cc(OCc3c(F)ccc(Cl)c3F)ccc2C1Cc1ccccc1. The summed E-state index contributed by atoms with van der Waals surface area (Å²) in [6, 6.07) is 17.6. The van der Waals surface area contributed by atoms with Gasteiger partial charge in [-0.1, -0.05) is 48.0 Å². The van der Waals surface area contributed by atoms with Gasteiger partial charge in [-0.25, -0.2) is 13.6 Å². The van der Waals surface area contributed by atoms with Crippen LogP contribution >= 0.6 is 11.6 Å². The van der Waals surface area contributed by atoms with Crippen LogP contribution < -0.4 is 4.74 Å². The van der Waals surface area contributed by atoms with Crippen molar-refractivity contribution in [3.8, 4) is 5.75 Å². The van der Waals surface area contributed by atoms with Gasteiger partial charge in [0.2, 0.25) is 0 Å². The molecule has 1 atom stereocenters. The van der Waals surface area contributed by atoms with Gasteiger partial charge in [0.1, 0.15) is 23.8 Å². The Bertz CT molecular complexity index is 1210. The van der Waals surface area contributed by atoms with Gasteiger partial charge in [-0.05, 0) is 74.6 Å². The van der Waals surface area contributed by atoms with E-state index in [-0.39, 0.29) is 29.3 Å². The topological polar surface area (TPSA) is 38.8 Å². The summed E-state index contributed by atoms with van der Waals surface area (Å²) in [4.78, 5) is 14.8. The number of carbonyl (C=O) groups excluding carboxylic acids is 1. The third-order valence-electron chi connectivity index (χ3n) is 5.89. The summed E-state index contributed by atoms with van der Waals surface area (Å²) in [5.41, 5.74) is 2.31. The number of hydrogen-bond donors (Lipinski definition) is 0. The third kappa shape index (κ3) is 5.93. The Morgan fingerprint density at radius 1 is 1.09 bits per heavy atom. The number of nitrogens with zero attached hydrogens (tertiary/aromatic N) is 1. The molecule has 0 aromatic heterocycles. The number of rotatable bonds is 5. The molecule has 1 amide bonds. The molecule has 3 aromatic rings. The van der Waals surface area contributed by atoms with Crippen LogP contribution in [-0.4, -0.2) is 23.1 Å². The number of carbonyl (C=O) groups is 1. The zero-order chi connectivity index (χ0) is 25.2. The van der Waals surface area contributed by atoms with E-state index >= 15 is 0 Å². The van der Waals surface area contributed by atoms with Gasteiger partial charge in [0.25, 0.3) is 0 Å². The number of benzene rings is 3. The number of halogens is 3. The largest absolute Gasteiger partial charge is 0.489 e. The quantitative estimate of drug-likeness (QED) is 0.346. The maximum Gasteiger partial charge on any atom is 0.410 e. The zero-order valence-corrected chi connectivity index (χ0v) is 20.7. The van der Waals surface area contributed by atoms with Gasteiger partial charge in [0, 0.05) is 6.54 Å². The number of fused-ring (bicyclic) bond motifs is 1. The van der Waals surface area contributed by atoms with Crippen molar-refractivity contribution in [2.75, 3.05) is 6.54 Å². The van der Waals surface area contributed by atoms with Gasteiger partial charge >= 0.3 is 6.09 Å². The van der Waals surface area contributed by atoms with Crippen LogP contribution in [0.4, 0.5) is 13.6 Å². The monoisotopic (exact) mass is 499 g/mol. The lowest BCUT2D eigenvalue weighted by Crippen LogP contribution is -2.43. The van der Waals surface area contributed by atoms with Crippen LogP contribution in [0.5, 0.6) is 5.75 Å². The highest BCUT2D eigenvalue weighted by atomic mass is 35.5. The fourth-order valence-electron chi connectivity index (χ4n) is 4.23. The fourth-order valence-corrected chi connectivity index (χ4v) is 4.41. The van der Waals surface area contributed by atoms with Crippen molar-refractivity contribution in [2.45, 2.75) is 51.9 Å². The Hall–Kier alpha value is -3.12. The first-order valence-corrected chi connectivity index (χ1v) is 11.9. The van der Waals surface area contributed by atoms with Gasteiger partial charge in [0.15, 0.2) is 5.82 Å². The molecule has 1 aliphatic heterocycles. The predicted molar refractivity (Wildman–Crippen MR) is 132 cm³/mol. The summed E-state index contributed by atoms with van der Waals surface area (Å²) >= 11 is 5.78. The van der Waals surface area contributed by atoms with Crippen LogP contribution in [0.15, 0.2) is 60.7 Å². The van der Waals surface area contributed by atoms with Crippen molar-refractivity contribution < 1.29 is 23.0 Å².